The number of esters is 1. The number of carbonyl (C=O) groups excluding carboxylic acids is 3. The lowest BCUT2D eigenvalue weighted by atomic mass is 9.70. The molecule has 6 atom stereocenters. The van der Waals surface area contributed by atoms with Gasteiger partial charge in [0.15, 0.2) is 0 Å². The fourth-order valence-electron chi connectivity index (χ4n) is 5.99. The Balaban J connectivity index is 1.66. The Morgan fingerprint density at radius 1 is 1.31 bits per heavy atom. The molecule has 162 valence electrons. The Hall–Kier alpha value is -1.67. The highest BCUT2D eigenvalue weighted by Gasteiger charge is 2.75. The Labute approximate surface area is 171 Å². The van der Waals surface area contributed by atoms with Crippen LogP contribution in [-0.4, -0.2) is 70.8 Å². The van der Waals surface area contributed by atoms with Gasteiger partial charge in [0, 0.05) is 6.04 Å². The first-order chi connectivity index (χ1) is 13.9. The molecule has 4 fully saturated rings. The normalized spacial score (nSPS) is 37.5. The SMILES string of the molecule is CCOC(=O)[C@@H]1[C@H]2C(=O)N([C@H](C)CO)C(C(=O)NC3CCCCC3)C23CC[C@H]1O3. The average molecular weight is 408 g/mol. The minimum Gasteiger partial charge on any atom is -0.466 e. The Kier molecular flexibility index (Phi) is 5.59. The summed E-state index contributed by atoms with van der Waals surface area (Å²) in [5, 5.41) is 12.9. The molecule has 2 unspecified atom stereocenters. The Morgan fingerprint density at radius 3 is 2.69 bits per heavy atom. The van der Waals surface area contributed by atoms with Gasteiger partial charge < -0.3 is 24.8 Å². The molecule has 3 heterocycles. The third-order valence-electron chi connectivity index (χ3n) is 7.24. The zero-order valence-corrected chi connectivity index (χ0v) is 17.3. The van der Waals surface area contributed by atoms with Crippen molar-refractivity contribution in [2.45, 2.75) is 88.6 Å². The molecular weight excluding hydrogens is 376 g/mol. The first-order valence-electron chi connectivity index (χ1n) is 11.0. The van der Waals surface area contributed by atoms with Crippen molar-refractivity contribution in [1.82, 2.24) is 10.2 Å². The van der Waals surface area contributed by atoms with Gasteiger partial charge in [0.05, 0.1) is 37.2 Å². The number of ether oxygens (including phenoxy) is 2. The highest BCUT2D eigenvalue weighted by molar-refractivity contribution is 5.98. The third kappa shape index (κ3) is 3.15. The number of likely N-dealkylation sites (tertiary alicyclic amines) is 1. The van der Waals surface area contributed by atoms with Gasteiger partial charge >= 0.3 is 5.97 Å². The molecule has 1 saturated carbocycles. The smallest absolute Gasteiger partial charge is 0.312 e. The second kappa shape index (κ2) is 7.87. The molecule has 0 aromatic heterocycles. The molecule has 1 spiro atoms. The molecule has 29 heavy (non-hydrogen) atoms. The molecule has 2 N–H and O–H groups in total. The lowest BCUT2D eigenvalue weighted by molar-refractivity contribution is -0.155. The molecule has 0 radical (unpaired) electrons. The fourth-order valence-corrected chi connectivity index (χ4v) is 5.99. The maximum Gasteiger partial charge on any atom is 0.312 e. The number of hydrogen-bond acceptors (Lipinski definition) is 6. The largest absolute Gasteiger partial charge is 0.466 e. The minimum absolute atomic E-state index is 0.104. The molecule has 2 amide bonds. The minimum atomic E-state index is -1.01. The van der Waals surface area contributed by atoms with Gasteiger partial charge in [-0.05, 0) is 39.5 Å². The molecular formula is C21H32N2O6. The van der Waals surface area contributed by atoms with Crippen molar-refractivity contribution in [3.8, 4) is 0 Å². The van der Waals surface area contributed by atoms with Gasteiger partial charge in [-0.25, -0.2) is 0 Å². The number of aliphatic hydroxyl groups excluding tert-OH is 1. The van der Waals surface area contributed by atoms with Crippen molar-refractivity contribution in [2.24, 2.45) is 11.8 Å². The monoisotopic (exact) mass is 408 g/mol. The molecule has 0 aromatic carbocycles. The van der Waals surface area contributed by atoms with Crippen molar-refractivity contribution in [1.29, 1.82) is 0 Å². The first-order valence-corrected chi connectivity index (χ1v) is 11.0. The molecule has 0 aromatic rings. The molecule has 4 aliphatic rings. The van der Waals surface area contributed by atoms with E-state index in [1.165, 1.54) is 11.3 Å². The maximum atomic E-state index is 13.4. The van der Waals surface area contributed by atoms with Crippen LogP contribution in [0.2, 0.25) is 0 Å². The molecule has 2 bridgehead atoms. The summed E-state index contributed by atoms with van der Waals surface area (Å²) in [6.07, 6.45) is 6.02. The highest BCUT2D eigenvalue weighted by Crippen LogP contribution is 2.58. The summed E-state index contributed by atoms with van der Waals surface area (Å²) in [6, 6.07) is -1.25. The molecule has 8 heteroatoms. The van der Waals surface area contributed by atoms with Crippen LogP contribution in [0.3, 0.4) is 0 Å². The van der Waals surface area contributed by atoms with Crippen LogP contribution in [-0.2, 0) is 23.9 Å². The summed E-state index contributed by atoms with van der Waals surface area (Å²) in [6.45, 7) is 3.44. The summed E-state index contributed by atoms with van der Waals surface area (Å²) >= 11 is 0. The van der Waals surface area contributed by atoms with Gasteiger partial charge in [0.2, 0.25) is 11.8 Å². The standard InChI is InChI=1S/C21H32N2O6/c1-3-28-20(27)15-14-9-10-21(29-14)16(15)19(26)23(12(2)11-24)17(21)18(25)22-13-7-5-4-6-8-13/h12-17,24H,3-11H2,1-2H3,(H,22,25)/t12-,14-,15+,16+,17?,21?/m1/s1. The van der Waals surface area contributed by atoms with Crippen LogP contribution in [0.5, 0.6) is 0 Å². The Bertz CT molecular complexity index is 678. The van der Waals surface area contributed by atoms with E-state index in [1.54, 1.807) is 13.8 Å². The number of nitrogens with zero attached hydrogens (tertiary/aromatic N) is 1. The number of amides is 2. The van der Waals surface area contributed by atoms with Gasteiger partial charge in [-0.2, -0.15) is 0 Å². The van der Waals surface area contributed by atoms with Crippen molar-refractivity contribution in [3.63, 3.8) is 0 Å². The predicted octanol–water partition coefficient (Wildman–Crippen LogP) is 0.754. The summed E-state index contributed by atoms with van der Waals surface area (Å²) < 4.78 is 11.5. The third-order valence-corrected chi connectivity index (χ3v) is 7.24. The van der Waals surface area contributed by atoms with E-state index >= 15 is 0 Å². The summed E-state index contributed by atoms with van der Waals surface area (Å²) in [4.78, 5) is 41.0. The molecule has 8 nitrogen and oxygen atoms in total. The van der Waals surface area contributed by atoms with Crippen molar-refractivity contribution < 1.29 is 29.0 Å². The van der Waals surface area contributed by atoms with Crippen LogP contribution < -0.4 is 5.32 Å². The number of nitrogens with one attached hydrogen (secondary N) is 1. The zero-order valence-electron chi connectivity index (χ0n) is 17.3. The van der Waals surface area contributed by atoms with Crippen LogP contribution in [0.1, 0.15) is 58.8 Å². The number of hydrogen-bond donors (Lipinski definition) is 2. The number of aliphatic hydroxyl groups is 1. The van der Waals surface area contributed by atoms with Crippen LogP contribution in [0, 0.1) is 11.8 Å². The van der Waals surface area contributed by atoms with Gasteiger partial charge in [-0.3, -0.25) is 14.4 Å². The van der Waals surface area contributed by atoms with E-state index in [1.807, 2.05) is 0 Å². The first kappa shape index (κ1) is 20.6. The van der Waals surface area contributed by atoms with Gasteiger partial charge in [-0.1, -0.05) is 19.3 Å². The second-order valence-corrected chi connectivity index (χ2v) is 8.93. The van der Waals surface area contributed by atoms with Crippen LogP contribution >= 0.6 is 0 Å². The van der Waals surface area contributed by atoms with E-state index in [9.17, 15) is 19.5 Å². The lowest BCUT2D eigenvalue weighted by Crippen LogP contribution is -2.58. The van der Waals surface area contributed by atoms with Crippen LogP contribution in [0.4, 0.5) is 0 Å². The molecule has 3 aliphatic heterocycles. The summed E-state index contributed by atoms with van der Waals surface area (Å²) in [5.74, 6) is -2.34. The average Bonchev–Trinajstić information content (AvgIpc) is 3.35. The van der Waals surface area contributed by atoms with E-state index in [0.29, 0.717) is 12.8 Å². The van der Waals surface area contributed by atoms with E-state index in [0.717, 1.165) is 25.7 Å². The highest BCUT2D eigenvalue weighted by atomic mass is 16.6. The molecule has 3 saturated heterocycles. The van der Waals surface area contributed by atoms with E-state index in [4.69, 9.17) is 9.47 Å². The van der Waals surface area contributed by atoms with Crippen molar-refractivity contribution in [2.75, 3.05) is 13.2 Å². The predicted molar refractivity (Wildman–Crippen MR) is 103 cm³/mol. The fraction of sp³-hybridized carbons (Fsp3) is 0.857. The quantitative estimate of drug-likeness (QED) is 0.629. The number of fused-ring (bicyclic) bond motifs is 1. The van der Waals surface area contributed by atoms with E-state index in [2.05, 4.69) is 5.32 Å². The van der Waals surface area contributed by atoms with Gasteiger partial charge in [0.25, 0.3) is 0 Å². The van der Waals surface area contributed by atoms with Gasteiger partial charge in [0.1, 0.15) is 11.6 Å². The van der Waals surface area contributed by atoms with Crippen molar-refractivity contribution in [3.05, 3.63) is 0 Å². The number of rotatable bonds is 6. The van der Waals surface area contributed by atoms with Gasteiger partial charge in [-0.15, -0.1) is 0 Å². The van der Waals surface area contributed by atoms with E-state index in [-0.39, 0.29) is 37.2 Å². The number of carbonyl (C=O) groups is 3. The molecule has 4 rings (SSSR count). The van der Waals surface area contributed by atoms with E-state index < -0.39 is 35.5 Å². The Morgan fingerprint density at radius 2 is 2.03 bits per heavy atom. The summed E-state index contributed by atoms with van der Waals surface area (Å²) in [5.41, 5.74) is -1.01. The lowest BCUT2D eigenvalue weighted by Gasteiger charge is -2.36. The topological polar surface area (TPSA) is 105 Å². The zero-order chi connectivity index (χ0) is 20.8. The van der Waals surface area contributed by atoms with Crippen molar-refractivity contribution >= 4 is 17.8 Å². The second-order valence-electron chi connectivity index (χ2n) is 8.93. The summed E-state index contributed by atoms with van der Waals surface area (Å²) in [7, 11) is 0. The maximum absolute atomic E-state index is 13.4. The van der Waals surface area contributed by atoms with Crippen LogP contribution in [0.25, 0.3) is 0 Å². The van der Waals surface area contributed by atoms with Crippen LogP contribution in [0.15, 0.2) is 0 Å². The molecule has 1 aliphatic carbocycles.